The van der Waals surface area contributed by atoms with E-state index in [0.717, 1.165) is 5.56 Å². The molecule has 2 unspecified atom stereocenters. The molecule has 0 aromatic carbocycles. The van der Waals surface area contributed by atoms with Crippen LogP contribution in [0.2, 0.25) is 0 Å². The van der Waals surface area contributed by atoms with Gasteiger partial charge in [0, 0.05) is 31.9 Å². The minimum Gasteiger partial charge on any atom is -0.391 e. The van der Waals surface area contributed by atoms with E-state index >= 15 is 0 Å². The molecule has 1 aromatic heterocycles. The Morgan fingerprint density at radius 1 is 1.36 bits per heavy atom. The fourth-order valence-corrected chi connectivity index (χ4v) is 1.96. The van der Waals surface area contributed by atoms with Crippen molar-refractivity contribution in [2.45, 2.75) is 32.9 Å². The Kier molecular flexibility index (Phi) is 6.37. The van der Waals surface area contributed by atoms with E-state index < -0.39 is 6.10 Å². The molecule has 1 heterocycles. The number of rotatable bonds is 6. The number of carbonyl (C=O) groups is 1. The number of hydrogen-bond acceptors (Lipinski definition) is 4. The molecule has 0 fully saturated rings. The summed E-state index contributed by atoms with van der Waals surface area (Å²) < 4.78 is 1.74. The molecule has 0 aliphatic rings. The maximum absolute atomic E-state index is 11.9. The number of hydrogen-bond donors (Lipinski definition) is 3. The number of amides is 2. The number of nitrogens with one attached hydrogen (secondary N) is 2. The van der Waals surface area contributed by atoms with Gasteiger partial charge in [0.2, 0.25) is 0 Å². The Hall–Kier alpha value is -1.60. The summed E-state index contributed by atoms with van der Waals surface area (Å²) in [6, 6.07) is -0.231. The van der Waals surface area contributed by atoms with Crippen LogP contribution in [0.5, 0.6) is 0 Å². The van der Waals surface area contributed by atoms with Gasteiger partial charge in [-0.05, 0) is 19.5 Å². The Labute approximate surface area is 132 Å². The third kappa shape index (κ3) is 5.65. The first-order valence-electron chi connectivity index (χ1n) is 7.46. The summed E-state index contributed by atoms with van der Waals surface area (Å²) in [7, 11) is 5.78. The van der Waals surface area contributed by atoms with Crippen LogP contribution in [-0.4, -0.2) is 59.1 Å². The van der Waals surface area contributed by atoms with Crippen molar-refractivity contribution in [2.75, 3.05) is 27.2 Å². The maximum atomic E-state index is 11.9. The molecule has 1 aromatic rings. The van der Waals surface area contributed by atoms with Gasteiger partial charge in [-0.3, -0.25) is 4.68 Å². The maximum Gasteiger partial charge on any atom is 0.314 e. The van der Waals surface area contributed by atoms with Gasteiger partial charge in [0.1, 0.15) is 0 Å². The molecule has 22 heavy (non-hydrogen) atoms. The number of aliphatic hydroxyl groups excluding tert-OH is 1. The van der Waals surface area contributed by atoms with Gasteiger partial charge < -0.3 is 20.6 Å². The van der Waals surface area contributed by atoms with E-state index in [0.29, 0.717) is 6.54 Å². The lowest BCUT2D eigenvalue weighted by Gasteiger charge is -2.26. The lowest BCUT2D eigenvalue weighted by Crippen LogP contribution is -2.45. The standard InChI is InChI=1S/C15H29N5O2/c1-15(2,3)13(21)9-17-14(22)16-8-12(19(4)5)11-7-18-20(6)10-11/h7,10,12-13,21H,8-9H2,1-6H3,(H2,16,17,22). The molecule has 1 rings (SSSR count). The lowest BCUT2D eigenvalue weighted by atomic mass is 9.89. The predicted octanol–water partition coefficient (Wildman–Crippen LogP) is 0.729. The van der Waals surface area contributed by atoms with Gasteiger partial charge in [0.25, 0.3) is 0 Å². The summed E-state index contributed by atoms with van der Waals surface area (Å²) >= 11 is 0. The zero-order valence-corrected chi connectivity index (χ0v) is 14.4. The molecule has 0 aliphatic carbocycles. The average Bonchev–Trinajstić information content (AvgIpc) is 2.81. The van der Waals surface area contributed by atoms with Crippen molar-refractivity contribution >= 4 is 6.03 Å². The van der Waals surface area contributed by atoms with Gasteiger partial charge in [-0.15, -0.1) is 0 Å². The van der Waals surface area contributed by atoms with E-state index in [1.165, 1.54) is 0 Å². The van der Waals surface area contributed by atoms with Crippen LogP contribution in [0.25, 0.3) is 0 Å². The van der Waals surface area contributed by atoms with Crippen LogP contribution in [0, 0.1) is 5.41 Å². The number of likely N-dealkylation sites (N-methyl/N-ethyl adjacent to an activating group) is 1. The van der Waals surface area contributed by atoms with Crippen LogP contribution in [0.1, 0.15) is 32.4 Å². The van der Waals surface area contributed by atoms with E-state index in [1.54, 1.807) is 10.9 Å². The lowest BCUT2D eigenvalue weighted by molar-refractivity contribution is 0.0649. The molecular weight excluding hydrogens is 282 g/mol. The van der Waals surface area contributed by atoms with Gasteiger partial charge in [-0.1, -0.05) is 20.8 Å². The van der Waals surface area contributed by atoms with Crippen molar-refractivity contribution in [3.63, 3.8) is 0 Å². The third-order valence-corrected chi connectivity index (χ3v) is 3.64. The zero-order chi connectivity index (χ0) is 16.9. The summed E-state index contributed by atoms with van der Waals surface area (Å²) in [4.78, 5) is 13.9. The molecule has 0 aliphatic heterocycles. The summed E-state index contributed by atoms with van der Waals surface area (Å²) in [5.41, 5.74) is 0.789. The highest BCUT2D eigenvalue weighted by molar-refractivity contribution is 5.73. The largest absolute Gasteiger partial charge is 0.391 e. The number of aliphatic hydroxyl groups is 1. The fraction of sp³-hybridized carbons (Fsp3) is 0.733. The van der Waals surface area contributed by atoms with Crippen molar-refractivity contribution in [2.24, 2.45) is 12.5 Å². The van der Waals surface area contributed by atoms with Crippen LogP contribution >= 0.6 is 0 Å². The Morgan fingerprint density at radius 2 is 1.95 bits per heavy atom. The predicted molar refractivity (Wildman–Crippen MR) is 86.5 cm³/mol. The minimum absolute atomic E-state index is 0.0481. The van der Waals surface area contributed by atoms with Gasteiger partial charge in [-0.25, -0.2) is 4.79 Å². The highest BCUT2D eigenvalue weighted by Crippen LogP contribution is 2.18. The molecular formula is C15H29N5O2. The van der Waals surface area contributed by atoms with Crippen molar-refractivity contribution in [1.82, 2.24) is 25.3 Å². The highest BCUT2D eigenvalue weighted by Gasteiger charge is 2.22. The summed E-state index contributed by atoms with van der Waals surface area (Å²) in [6.45, 7) is 6.50. The van der Waals surface area contributed by atoms with Gasteiger partial charge in [0.15, 0.2) is 0 Å². The second-order valence-electron chi connectivity index (χ2n) is 6.90. The fourth-order valence-electron chi connectivity index (χ4n) is 1.96. The van der Waals surface area contributed by atoms with E-state index in [9.17, 15) is 9.90 Å². The highest BCUT2D eigenvalue weighted by atomic mass is 16.3. The van der Waals surface area contributed by atoms with Crippen LogP contribution in [0.15, 0.2) is 12.4 Å². The van der Waals surface area contributed by atoms with E-state index in [-0.39, 0.29) is 24.0 Å². The molecule has 0 saturated heterocycles. The van der Waals surface area contributed by atoms with Gasteiger partial charge in [0.05, 0.1) is 18.3 Å². The SMILES string of the molecule is CN(C)C(CNC(=O)NCC(O)C(C)(C)C)c1cnn(C)c1. The number of aryl methyl sites for hydroxylation is 1. The first-order chi connectivity index (χ1) is 10.1. The quantitative estimate of drug-likeness (QED) is 0.723. The molecule has 2 atom stereocenters. The summed E-state index contributed by atoms with van der Waals surface area (Å²) in [5, 5.41) is 19.6. The van der Waals surface area contributed by atoms with Crippen LogP contribution in [0.4, 0.5) is 4.79 Å². The number of nitrogens with zero attached hydrogens (tertiary/aromatic N) is 3. The third-order valence-electron chi connectivity index (χ3n) is 3.64. The topological polar surface area (TPSA) is 82.4 Å². The average molecular weight is 311 g/mol. The Morgan fingerprint density at radius 3 is 2.41 bits per heavy atom. The second kappa shape index (κ2) is 7.60. The molecule has 0 bridgehead atoms. The van der Waals surface area contributed by atoms with E-state index in [1.807, 2.05) is 53.0 Å². The van der Waals surface area contributed by atoms with Gasteiger partial charge in [-0.2, -0.15) is 5.10 Å². The molecule has 7 nitrogen and oxygen atoms in total. The molecule has 2 amide bonds. The van der Waals surface area contributed by atoms with Crippen molar-refractivity contribution in [3.05, 3.63) is 18.0 Å². The summed E-state index contributed by atoms with van der Waals surface area (Å²) in [5.74, 6) is 0. The smallest absolute Gasteiger partial charge is 0.314 e. The first-order valence-corrected chi connectivity index (χ1v) is 7.46. The second-order valence-corrected chi connectivity index (χ2v) is 6.90. The minimum atomic E-state index is -0.582. The Balaban J connectivity index is 2.47. The zero-order valence-electron chi connectivity index (χ0n) is 14.4. The van der Waals surface area contributed by atoms with Crippen molar-refractivity contribution < 1.29 is 9.90 Å². The number of aromatic nitrogens is 2. The molecule has 126 valence electrons. The van der Waals surface area contributed by atoms with Gasteiger partial charge >= 0.3 is 6.03 Å². The van der Waals surface area contributed by atoms with Crippen LogP contribution in [0.3, 0.4) is 0 Å². The monoisotopic (exact) mass is 311 g/mol. The van der Waals surface area contributed by atoms with Crippen molar-refractivity contribution in [3.8, 4) is 0 Å². The molecule has 3 N–H and O–H groups in total. The molecule has 0 saturated carbocycles. The van der Waals surface area contributed by atoms with E-state index in [2.05, 4.69) is 15.7 Å². The van der Waals surface area contributed by atoms with Crippen molar-refractivity contribution in [1.29, 1.82) is 0 Å². The summed E-state index contributed by atoms with van der Waals surface area (Å²) in [6.07, 6.45) is 3.16. The van der Waals surface area contributed by atoms with Crippen LogP contribution in [-0.2, 0) is 7.05 Å². The first kappa shape index (κ1) is 18.4. The van der Waals surface area contributed by atoms with Crippen LogP contribution < -0.4 is 10.6 Å². The molecule has 0 radical (unpaired) electrons. The molecule has 7 heteroatoms. The molecule has 0 spiro atoms. The van der Waals surface area contributed by atoms with E-state index in [4.69, 9.17) is 0 Å². The Bertz CT molecular complexity index is 479. The number of carbonyl (C=O) groups excluding carboxylic acids is 1. The number of urea groups is 1. The normalized spacial score (nSPS) is 14.7.